The molecular formula is C45H47NOPSi+. The number of rotatable bonds is 12. The van der Waals surface area contributed by atoms with Crippen LogP contribution in [0.4, 0.5) is 0 Å². The van der Waals surface area contributed by atoms with Crippen molar-refractivity contribution in [1.82, 2.24) is 4.98 Å². The van der Waals surface area contributed by atoms with Crippen molar-refractivity contribution in [1.29, 1.82) is 0 Å². The van der Waals surface area contributed by atoms with Crippen LogP contribution >= 0.6 is 7.26 Å². The summed E-state index contributed by atoms with van der Waals surface area (Å²) < 4.78 is 7.97. The molecule has 0 fully saturated rings. The third-order valence-corrected chi connectivity index (χ3v) is 19.1. The van der Waals surface area contributed by atoms with E-state index >= 15 is 0 Å². The van der Waals surface area contributed by atoms with Gasteiger partial charge in [0.2, 0.25) is 0 Å². The van der Waals surface area contributed by atoms with E-state index in [9.17, 15) is 0 Å². The van der Waals surface area contributed by atoms with E-state index in [-0.39, 0.29) is 11.1 Å². The van der Waals surface area contributed by atoms with Gasteiger partial charge in [0.05, 0.1) is 18.0 Å². The van der Waals surface area contributed by atoms with E-state index in [0.29, 0.717) is 0 Å². The molecule has 6 rings (SSSR count). The second kappa shape index (κ2) is 15.4. The molecule has 0 saturated heterocycles. The van der Waals surface area contributed by atoms with Gasteiger partial charge >= 0.3 is 0 Å². The highest BCUT2D eigenvalue weighted by atomic mass is 31.2. The maximum atomic E-state index is 7.97. The summed E-state index contributed by atoms with van der Waals surface area (Å²) in [7, 11) is -4.96. The second-order valence-corrected chi connectivity index (χ2v) is 21.6. The van der Waals surface area contributed by atoms with Gasteiger partial charge in [0.15, 0.2) is 0 Å². The summed E-state index contributed by atoms with van der Waals surface area (Å²) in [5.41, 5.74) is 2.14. The molecule has 6 aromatic rings. The molecule has 0 bridgehead atoms. The first kappa shape index (κ1) is 34.5. The van der Waals surface area contributed by atoms with Crippen LogP contribution in [0.2, 0.25) is 5.04 Å². The van der Waals surface area contributed by atoms with Gasteiger partial charge in [0.25, 0.3) is 8.32 Å². The molecule has 2 nitrogen and oxygen atoms in total. The number of hydrogen-bond donors (Lipinski definition) is 0. The Hall–Kier alpha value is -4.40. The van der Waals surface area contributed by atoms with Crippen molar-refractivity contribution in [3.63, 3.8) is 0 Å². The van der Waals surface area contributed by atoms with Crippen LogP contribution in [0, 0.1) is 0 Å². The number of benzene rings is 5. The van der Waals surface area contributed by atoms with E-state index in [1.165, 1.54) is 31.9 Å². The Morgan fingerprint density at radius 3 is 1.41 bits per heavy atom. The minimum Gasteiger partial charge on any atom is -0.401 e. The van der Waals surface area contributed by atoms with Gasteiger partial charge in [0.1, 0.15) is 23.2 Å². The van der Waals surface area contributed by atoms with Crippen molar-refractivity contribution in [3.05, 3.63) is 187 Å². The molecule has 4 heteroatoms. The quantitative estimate of drug-likeness (QED) is 0.0955. The number of pyridine rings is 1. The number of hydrogen-bond acceptors (Lipinski definition) is 2. The first-order valence-corrected chi connectivity index (χ1v) is 21.2. The predicted molar refractivity (Wildman–Crippen MR) is 215 cm³/mol. The van der Waals surface area contributed by atoms with Crippen molar-refractivity contribution in [2.24, 2.45) is 0 Å². The molecule has 0 radical (unpaired) electrons. The van der Waals surface area contributed by atoms with E-state index in [2.05, 4.69) is 198 Å². The van der Waals surface area contributed by atoms with Gasteiger partial charge in [-0.1, -0.05) is 142 Å². The van der Waals surface area contributed by atoms with E-state index in [0.717, 1.165) is 18.3 Å². The monoisotopic (exact) mass is 676 g/mol. The average molecular weight is 677 g/mol. The smallest absolute Gasteiger partial charge is 0.261 e. The Balaban J connectivity index is 1.55. The fourth-order valence-electron chi connectivity index (χ4n) is 7.26. The van der Waals surface area contributed by atoms with Crippen LogP contribution in [0.1, 0.15) is 39.8 Å². The van der Waals surface area contributed by atoms with E-state index in [4.69, 9.17) is 9.41 Å². The standard InChI is InChI=1S/C45H47NOPSi/c1-37(36-38-22-20-21-34-46-38)44(47-49(45(2,3)4,42-29-16-8-17-30-42)43-31-18-9-19-32-43)33-35-48(39-23-10-5-11-24-39,40-25-12-6-13-26-40)41-27-14-7-15-28-41/h5-32,34,36,44H,33,35H2,1-4H3/q+1/b37-36+/t44-/m0/s1. The third-order valence-electron chi connectivity index (χ3n) is 9.62. The Kier molecular flexibility index (Phi) is 10.9. The zero-order valence-corrected chi connectivity index (χ0v) is 31.0. The Morgan fingerprint density at radius 1 is 0.612 bits per heavy atom. The topological polar surface area (TPSA) is 22.1 Å². The molecule has 0 N–H and O–H groups in total. The molecule has 0 aliphatic heterocycles. The van der Waals surface area contributed by atoms with Crippen molar-refractivity contribution in [2.45, 2.75) is 45.3 Å². The molecule has 1 heterocycles. The van der Waals surface area contributed by atoms with Gasteiger partial charge in [-0.3, -0.25) is 4.98 Å². The number of nitrogens with zero attached hydrogens (tertiary/aromatic N) is 1. The summed E-state index contributed by atoms with van der Waals surface area (Å²) in [6.45, 7) is 9.33. The molecule has 0 spiro atoms. The van der Waals surface area contributed by atoms with Gasteiger partial charge in [-0.15, -0.1) is 0 Å². The fraction of sp³-hybridized carbons (Fsp3) is 0.178. The molecule has 0 aliphatic rings. The lowest BCUT2D eigenvalue weighted by molar-refractivity contribution is 0.219. The molecule has 1 atom stereocenters. The van der Waals surface area contributed by atoms with Crippen molar-refractivity contribution in [3.8, 4) is 0 Å². The van der Waals surface area contributed by atoms with Crippen LogP contribution in [0.5, 0.6) is 0 Å². The highest BCUT2D eigenvalue weighted by Crippen LogP contribution is 2.56. The van der Waals surface area contributed by atoms with Crippen molar-refractivity contribution < 1.29 is 4.43 Å². The van der Waals surface area contributed by atoms with Crippen LogP contribution in [-0.4, -0.2) is 25.6 Å². The molecule has 0 amide bonds. The van der Waals surface area contributed by atoms with Crippen LogP contribution in [0.25, 0.3) is 6.08 Å². The first-order chi connectivity index (χ1) is 23.8. The van der Waals surface area contributed by atoms with Crippen LogP contribution in [0.15, 0.2) is 182 Å². The third kappa shape index (κ3) is 7.31. The minimum absolute atomic E-state index is 0.149. The van der Waals surface area contributed by atoms with Gasteiger partial charge in [-0.2, -0.15) is 0 Å². The molecule has 246 valence electrons. The zero-order chi connectivity index (χ0) is 34.2. The molecule has 49 heavy (non-hydrogen) atoms. The van der Waals surface area contributed by atoms with Gasteiger partial charge in [0, 0.05) is 12.6 Å². The predicted octanol–water partition coefficient (Wildman–Crippen LogP) is 8.81. The van der Waals surface area contributed by atoms with E-state index < -0.39 is 15.6 Å². The van der Waals surface area contributed by atoms with E-state index in [1.807, 2.05) is 12.3 Å². The Bertz CT molecular complexity index is 1770. The van der Waals surface area contributed by atoms with Gasteiger partial charge < -0.3 is 4.43 Å². The summed E-state index contributed by atoms with van der Waals surface area (Å²) in [6, 6.07) is 61.7. The van der Waals surface area contributed by atoms with E-state index in [1.54, 1.807) is 0 Å². The molecular weight excluding hydrogens is 630 g/mol. The summed E-state index contributed by atoms with van der Waals surface area (Å²) in [5.74, 6) is 0. The fourth-order valence-corrected chi connectivity index (χ4v) is 16.3. The SMILES string of the molecule is C/C(=C\c1ccccn1)[C@H](CC[P+](c1ccccc1)(c1ccccc1)c1ccccc1)O[Si](c1ccccc1)(c1ccccc1)C(C)(C)C. The zero-order valence-electron chi connectivity index (χ0n) is 29.1. The summed E-state index contributed by atoms with van der Waals surface area (Å²) in [6.07, 6.45) is 5.76. The lowest BCUT2D eigenvalue weighted by Crippen LogP contribution is -2.67. The van der Waals surface area contributed by atoms with Crippen molar-refractivity contribution >= 4 is 47.9 Å². The van der Waals surface area contributed by atoms with Crippen molar-refractivity contribution in [2.75, 3.05) is 6.16 Å². The van der Waals surface area contributed by atoms with Gasteiger partial charge in [-0.05, 0) is 82.5 Å². The Morgan fingerprint density at radius 2 is 1.02 bits per heavy atom. The van der Waals surface area contributed by atoms with Crippen LogP contribution in [-0.2, 0) is 4.43 Å². The second-order valence-electron chi connectivity index (χ2n) is 13.7. The first-order valence-electron chi connectivity index (χ1n) is 17.3. The van der Waals surface area contributed by atoms with Gasteiger partial charge in [-0.25, -0.2) is 0 Å². The van der Waals surface area contributed by atoms with Crippen LogP contribution < -0.4 is 26.3 Å². The molecule has 0 saturated carbocycles. The maximum absolute atomic E-state index is 7.97. The summed E-state index contributed by atoms with van der Waals surface area (Å²) in [5, 5.41) is 6.61. The molecule has 0 aliphatic carbocycles. The molecule has 0 unspecified atom stereocenters. The molecule has 5 aromatic carbocycles. The Labute approximate surface area is 295 Å². The lowest BCUT2D eigenvalue weighted by Gasteiger charge is -2.45. The normalized spacial score (nSPS) is 13.2. The largest absolute Gasteiger partial charge is 0.401 e. The lowest BCUT2D eigenvalue weighted by atomic mass is 10.1. The summed E-state index contributed by atoms with van der Waals surface area (Å²) in [4.78, 5) is 4.70. The summed E-state index contributed by atoms with van der Waals surface area (Å²) >= 11 is 0. The highest BCUT2D eigenvalue weighted by molar-refractivity contribution is 7.95. The number of aromatic nitrogens is 1. The minimum atomic E-state index is -2.88. The molecule has 1 aromatic heterocycles. The highest BCUT2D eigenvalue weighted by Gasteiger charge is 2.52. The average Bonchev–Trinajstić information content (AvgIpc) is 3.15. The maximum Gasteiger partial charge on any atom is 0.261 e. The van der Waals surface area contributed by atoms with Crippen LogP contribution in [0.3, 0.4) is 0 Å².